The van der Waals surface area contributed by atoms with Crippen LogP contribution in [0.5, 0.6) is 0 Å². The second kappa shape index (κ2) is 10.3. The SMILES string of the molecule is CCOC(=O)/C=C/c1ccccc1.O=[N+]([O-])c1ccc([N+](=O)[O-])cc1. The summed E-state index contributed by atoms with van der Waals surface area (Å²) in [6, 6.07) is 14.0. The molecule has 0 atom stereocenters. The predicted molar refractivity (Wildman–Crippen MR) is 91.9 cm³/mol. The molecule has 0 N–H and O–H groups in total. The lowest BCUT2D eigenvalue weighted by Crippen LogP contribution is -1.98. The summed E-state index contributed by atoms with van der Waals surface area (Å²) in [6.07, 6.45) is 3.16. The van der Waals surface area contributed by atoms with Crippen LogP contribution in [-0.2, 0) is 9.53 Å². The maximum Gasteiger partial charge on any atom is 0.330 e. The first kappa shape index (κ1) is 19.5. The Morgan fingerprint density at radius 3 is 1.84 bits per heavy atom. The quantitative estimate of drug-likeness (QED) is 0.353. The van der Waals surface area contributed by atoms with Crippen molar-refractivity contribution in [3.05, 3.63) is 86.5 Å². The van der Waals surface area contributed by atoms with Crippen LogP contribution >= 0.6 is 0 Å². The van der Waals surface area contributed by atoms with Crippen LogP contribution in [0, 0.1) is 20.2 Å². The van der Waals surface area contributed by atoms with Gasteiger partial charge in [0.2, 0.25) is 0 Å². The normalized spacial score (nSPS) is 9.80. The Labute approximate surface area is 143 Å². The van der Waals surface area contributed by atoms with E-state index in [1.807, 2.05) is 30.3 Å². The lowest BCUT2D eigenvalue weighted by Gasteiger charge is -1.94. The minimum absolute atomic E-state index is 0.152. The molecule has 8 nitrogen and oxygen atoms in total. The van der Waals surface area contributed by atoms with E-state index in [0.717, 1.165) is 29.8 Å². The number of nitro benzene ring substituents is 2. The third kappa shape index (κ3) is 7.51. The third-order valence-electron chi connectivity index (χ3n) is 2.77. The topological polar surface area (TPSA) is 113 Å². The van der Waals surface area contributed by atoms with E-state index in [1.165, 1.54) is 6.08 Å². The molecule has 0 spiro atoms. The van der Waals surface area contributed by atoms with Gasteiger partial charge in [0.1, 0.15) is 0 Å². The largest absolute Gasteiger partial charge is 0.463 e. The summed E-state index contributed by atoms with van der Waals surface area (Å²) in [4.78, 5) is 29.9. The number of nitro groups is 2. The van der Waals surface area contributed by atoms with Gasteiger partial charge in [-0.2, -0.15) is 0 Å². The number of carbonyl (C=O) groups excluding carboxylic acids is 1. The van der Waals surface area contributed by atoms with Crippen LogP contribution in [0.3, 0.4) is 0 Å². The minimum Gasteiger partial charge on any atom is -0.463 e. The zero-order chi connectivity index (χ0) is 18.7. The molecule has 0 bridgehead atoms. The summed E-state index contributed by atoms with van der Waals surface area (Å²) >= 11 is 0. The first-order chi connectivity index (χ1) is 11.9. The highest BCUT2D eigenvalue weighted by atomic mass is 16.6. The summed E-state index contributed by atoms with van der Waals surface area (Å²) in [5.74, 6) is -0.300. The lowest BCUT2D eigenvalue weighted by atomic mass is 10.2. The second-order valence-corrected chi connectivity index (χ2v) is 4.53. The first-order valence-corrected chi connectivity index (χ1v) is 7.22. The molecular formula is C17H16N2O6. The highest BCUT2D eigenvalue weighted by Crippen LogP contribution is 2.16. The molecule has 0 radical (unpaired) electrons. The van der Waals surface area contributed by atoms with Gasteiger partial charge < -0.3 is 4.74 Å². The number of benzene rings is 2. The van der Waals surface area contributed by atoms with E-state index >= 15 is 0 Å². The Bertz CT molecular complexity index is 708. The molecule has 0 amide bonds. The average Bonchev–Trinajstić information content (AvgIpc) is 2.62. The monoisotopic (exact) mass is 344 g/mol. The fourth-order valence-corrected chi connectivity index (χ4v) is 1.61. The molecule has 0 fully saturated rings. The third-order valence-corrected chi connectivity index (χ3v) is 2.77. The Balaban J connectivity index is 0.000000251. The van der Waals surface area contributed by atoms with Gasteiger partial charge in [0.05, 0.1) is 16.5 Å². The Morgan fingerprint density at radius 1 is 0.960 bits per heavy atom. The van der Waals surface area contributed by atoms with E-state index in [4.69, 9.17) is 4.74 Å². The number of hydrogen-bond acceptors (Lipinski definition) is 6. The fourth-order valence-electron chi connectivity index (χ4n) is 1.61. The molecule has 0 aliphatic heterocycles. The van der Waals surface area contributed by atoms with Crippen LogP contribution in [0.15, 0.2) is 60.7 Å². The summed E-state index contributed by atoms with van der Waals surface area (Å²) < 4.78 is 4.74. The standard InChI is InChI=1S/C11H12O2.C6H4N2O4/c1-2-13-11(12)9-8-10-6-4-3-5-7-10;9-7(10)5-1-2-6(4-3-5)8(11)12/h3-9H,2H2,1H3;1-4H/b9-8+;. The lowest BCUT2D eigenvalue weighted by molar-refractivity contribution is -0.389. The number of esters is 1. The van der Waals surface area contributed by atoms with E-state index in [2.05, 4.69) is 0 Å². The molecule has 0 heterocycles. The number of carbonyl (C=O) groups is 1. The summed E-state index contributed by atoms with van der Waals surface area (Å²) in [6.45, 7) is 2.20. The molecule has 2 rings (SSSR count). The van der Waals surface area contributed by atoms with E-state index < -0.39 is 9.85 Å². The van der Waals surface area contributed by atoms with E-state index in [-0.39, 0.29) is 17.3 Å². The van der Waals surface area contributed by atoms with E-state index in [1.54, 1.807) is 13.0 Å². The van der Waals surface area contributed by atoms with Crippen molar-refractivity contribution in [1.29, 1.82) is 0 Å². The van der Waals surface area contributed by atoms with E-state index in [9.17, 15) is 25.0 Å². The summed E-state index contributed by atoms with van der Waals surface area (Å²) in [5, 5.41) is 20.2. The second-order valence-electron chi connectivity index (χ2n) is 4.53. The molecule has 2 aromatic carbocycles. The summed E-state index contributed by atoms with van der Waals surface area (Å²) in [5.41, 5.74) is 0.691. The van der Waals surface area contributed by atoms with Gasteiger partial charge in [-0.3, -0.25) is 20.2 Å². The molecule has 2 aromatic rings. The van der Waals surface area contributed by atoms with Crippen molar-refractivity contribution < 1.29 is 19.4 Å². The Morgan fingerprint density at radius 2 is 1.44 bits per heavy atom. The number of rotatable bonds is 5. The van der Waals surface area contributed by atoms with Crippen LogP contribution in [0.4, 0.5) is 11.4 Å². The fraction of sp³-hybridized carbons (Fsp3) is 0.118. The Kier molecular flexibility index (Phi) is 8.01. The van der Waals surface area contributed by atoms with Gasteiger partial charge in [-0.25, -0.2) is 4.79 Å². The number of non-ortho nitro benzene ring substituents is 2. The molecule has 0 aliphatic carbocycles. The van der Waals surface area contributed by atoms with Crippen LogP contribution in [0.2, 0.25) is 0 Å². The molecule has 0 saturated heterocycles. The van der Waals surface area contributed by atoms with Crippen molar-refractivity contribution in [2.75, 3.05) is 6.61 Å². The molecule has 130 valence electrons. The summed E-state index contributed by atoms with van der Waals surface area (Å²) in [7, 11) is 0. The van der Waals surface area contributed by atoms with Crippen molar-refractivity contribution in [1.82, 2.24) is 0 Å². The van der Waals surface area contributed by atoms with Crippen LogP contribution in [0.1, 0.15) is 12.5 Å². The zero-order valence-electron chi connectivity index (χ0n) is 13.4. The van der Waals surface area contributed by atoms with Crippen LogP contribution < -0.4 is 0 Å². The van der Waals surface area contributed by atoms with E-state index in [0.29, 0.717) is 6.61 Å². The molecular weight excluding hydrogens is 328 g/mol. The molecule has 0 aliphatic rings. The number of hydrogen-bond donors (Lipinski definition) is 0. The van der Waals surface area contributed by atoms with Crippen molar-refractivity contribution >= 4 is 23.4 Å². The highest BCUT2D eigenvalue weighted by molar-refractivity contribution is 5.86. The van der Waals surface area contributed by atoms with Gasteiger partial charge in [-0.15, -0.1) is 0 Å². The maximum atomic E-state index is 10.9. The van der Waals surface area contributed by atoms with Gasteiger partial charge in [-0.1, -0.05) is 30.3 Å². The smallest absolute Gasteiger partial charge is 0.330 e. The minimum atomic E-state index is -0.607. The van der Waals surface area contributed by atoms with Gasteiger partial charge >= 0.3 is 5.97 Å². The predicted octanol–water partition coefficient (Wildman–Crippen LogP) is 3.77. The first-order valence-electron chi connectivity index (χ1n) is 7.22. The number of nitrogens with zero attached hydrogens (tertiary/aromatic N) is 2. The van der Waals surface area contributed by atoms with Gasteiger partial charge in [0.15, 0.2) is 0 Å². The van der Waals surface area contributed by atoms with Gasteiger partial charge in [-0.05, 0) is 18.6 Å². The maximum absolute atomic E-state index is 10.9. The highest BCUT2D eigenvalue weighted by Gasteiger charge is 2.08. The molecule has 0 aromatic heterocycles. The average molecular weight is 344 g/mol. The van der Waals surface area contributed by atoms with Crippen molar-refractivity contribution in [3.63, 3.8) is 0 Å². The Hall–Kier alpha value is -3.55. The molecule has 25 heavy (non-hydrogen) atoms. The molecule has 0 saturated carbocycles. The van der Waals surface area contributed by atoms with Crippen molar-refractivity contribution in [2.24, 2.45) is 0 Å². The number of ether oxygens (including phenoxy) is 1. The van der Waals surface area contributed by atoms with Gasteiger partial charge in [0.25, 0.3) is 11.4 Å². The zero-order valence-corrected chi connectivity index (χ0v) is 13.4. The van der Waals surface area contributed by atoms with Crippen molar-refractivity contribution in [3.8, 4) is 0 Å². The molecule has 0 unspecified atom stereocenters. The van der Waals surface area contributed by atoms with Crippen molar-refractivity contribution in [2.45, 2.75) is 6.92 Å². The molecule has 8 heteroatoms. The van der Waals surface area contributed by atoms with Crippen LogP contribution in [-0.4, -0.2) is 22.4 Å². The van der Waals surface area contributed by atoms with Crippen LogP contribution in [0.25, 0.3) is 6.08 Å². The van der Waals surface area contributed by atoms with Gasteiger partial charge in [0, 0.05) is 30.3 Å².